The van der Waals surface area contributed by atoms with Crippen LogP contribution in [-0.2, 0) is 9.53 Å². The Kier molecular flexibility index (Phi) is 5.02. The van der Waals surface area contributed by atoms with Gasteiger partial charge in [-0.2, -0.15) is 0 Å². The van der Waals surface area contributed by atoms with Crippen LogP contribution in [0.1, 0.15) is 0 Å². The second kappa shape index (κ2) is 4.95. The molecule has 1 amide bonds. The van der Waals surface area contributed by atoms with E-state index in [9.17, 15) is 4.79 Å². The van der Waals surface area contributed by atoms with Gasteiger partial charge in [-0.05, 0) is 0 Å². The zero-order valence-corrected chi connectivity index (χ0v) is 7.29. The molecule has 0 aliphatic heterocycles. The lowest BCUT2D eigenvalue weighted by molar-refractivity contribution is -0.134. The smallest absolute Gasteiger partial charge is 0.263 e. The van der Waals surface area contributed by atoms with E-state index in [0.717, 1.165) is 5.01 Å². The first kappa shape index (κ1) is 9.12. The number of amides is 1. The molecule has 0 saturated heterocycles. The Labute approximate surface area is 67.4 Å². The standard InChI is InChI=1S/C4H9IN2O2/c1-9-2-4(8)7(6)3-5/h2-3,6H2,1H3. The topological polar surface area (TPSA) is 55.6 Å². The summed E-state index contributed by atoms with van der Waals surface area (Å²) in [5.41, 5.74) is 0. The Morgan fingerprint density at radius 2 is 2.44 bits per heavy atom. The molecule has 0 atom stereocenters. The molecule has 0 aliphatic carbocycles. The van der Waals surface area contributed by atoms with Crippen molar-refractivity contribution in [3.8, 4) is 0 Å². The van der Waals surface area contributed by atoms with Crippen LogP contribution in [0, 0.1) is 0 Å². The average molecular weight is 244 g/mol. The number of hydrogen-bond acceptors (Lipinski definition) is 3. The van der Waals surface area contributed by atoms with Crippen LogP contribution in [0.2, 0.25) is 0 Å². The molecule has 0 radical (unpaired) electrons. The van der Waals surface area contributed by atoms with E-state index in [2.05, 4.69) is 4.74 Å². The van der Waals surface area contributed by atoms with Crippen LogP contribution in [-0.4, -0.2) is 29.2 Å². The Morgan fingerprint density at radius 3 is 2.78 bits per heavy atom. The van der Waals surface area contributed by atoms with Gasteiger partial charge < -0.3 is 4.74 Å². The molecule has 0 spiro atoms. The highest BCUT2D eigenvalue weighted by molar-refractivity contribution is 14.1. The fourth-order valence-electron chi connectivity index (χ4n) is 0.273. The van der Waals surface area contributed by atoms with Crippen LogP contribution in [0.25, 0.3) is 0 Å². The Hall–Kier alpha value is 0.120. The van der Waals surface area contributed by atoms with Crippen molar-refractivity contribution in [3.63, 3.8) is 0 Å². The summed E-state index contributed by atoms with van der Waals surface area (Å²) >= 11 is 1.99. The van der Waals surface area contributed by atoms with Crippen LogP contribution in [0.4, 0.5) is 0 Å². The molecule has 0 bridgehead atoms. The van der Waals surface area contributed by atoms with Gasteiger partial charge in [-0.15, -0.1) is 0 Å². The number of methoxy groups -OCH3 is 1. The van der Waals surface area contributed by atoms with Crippen molar-refractivity contribution >= 4 is 28.5 Å². The fraction of sp³-hybridized carbons (Fsp3) is 0.750. The summed E-state index contributed by atoms with van der Waals surface area (Å²) in [4.78, 5) is 10.6. The quantitative estimate of drug-likeness (QED) is 0.186. The first-order chi connectivity index (χ1) is 4.22. The number of nitrogens with two attached hydrogens (primary N) is 1. The van der Waals surface area contributed by atoms with Crippen molar-refractivity contribution in [1.29, 1.82) is 0 Å². The minimum atomic E-state index is -0.202. The molecule has 0 aromatic rings. The summed E-state index contributed by atoms with van der Waals surface area (Å²) in [5, 5.41) is 1.10. The van der Waals surface area contributed by atoms with Crippen molar-refractivity contribution < 1.29 is 9.53 Å². The predicted molar refractivity (Wildman–Crippen MR) is 41.8 cm³/mol. The average Bonchev–Trinajstić information content (AvgIpc) is 1.87. The second-order valence-electron chi connectivity index (χ2n) is 1.42. The minimum absolute atomic E-state index is 0.0551. The monoisotopic (exact) mass is 244 g/mol. The molecule has 0 saturated carbocycles. The lowest BCUT2D eigenvalue weighted by atomic mass is 10.6. The highest BCUT2D eigenvalue weighted by atomic mass is 127. The molecule has 0 aromatic heterocycles. The summed E-state index contributed by atoms with van der Waals surface area (Å²) in [6, 6.07) is 0. The lowest BCUT2D eigenvalue weighted by Gasteiger charge is -2.10. The third kappa shape index (κ3) is 3.66. The highest BCUT2D eigenvalue weighted by Gasteiger charge is 2.04. The molecule has 4 nitrogen and oxygen atoms in total. The molecule has 0 fully saturated rings. The summed E-state index contributed by atoms with van der Waals surface area (Å²) < 4.78 is 5.04. The molecule has 2 N–H and O–H groups in total. The van der Waals surface area contributed by atoms with E-state index < -0.39 is 0 Å². The number of alkyl halides is 1. The summed E-state index contributed by atoms with van der Waals surface area (Å²) in [5.74, 6) is 5.00. The van der Waals surface area contributed by atoms with Gasteiger partial charge in [-0.1, -0.05) is 22.6 Å². The number of hydrazine groups is 1. The van der Waals surface area contributed by atoms with Crippen molar-refractivity contribution in [2.45, 2.75) is 0 Å². The van der Waals surface area contributed by atoms with Gasteiger partial charge in [-0.3, -0.25) is 9.80 Å². The van der Waals surface area contributed by atoms with Crippen LogP contribution >= 0.6 is 22.6 Å². The number of hydrogen-bond donors (Lipinski definition) is 1. The Bertz CT molecular complexity index is 98.6. The van der Waals surface area contributed by atoms with Gasteiger partial charge in [0.05, 0.1) is 4.55 Å². The number of nitrogens with zero attached hydrogens (tertiary/aromatic N) is 1. The van der Waals surface area contributed by atoms with Gasteiger partial charge in [0.2, 0.25) is 0 Å². The SMILES string of the molecule is COCC(=O)N(N)CI. The van der Waals surface area contributed by atoms with Gasteiger partial charge in [0.15, 0.2) is 0 Å². The normalized spacial score (nSPS) is 9.22. The van der Waals surface area contributed by atoms with Crippen molar-refractivity contribution in [2.24, 2.45) is 5.84 Å². The van der Waals surface area contributed by atoms with Gasteiger partial charge in [0, 0.05) is 7.11 Å². The Balaban J connectivity index is 3.46. The molecule has 0 unspecified atom stereocenters. The van der Waals surface area contributed by atoms with Crippen molar-refractivity contribution in [1.82, 2.24) is 5.01 Å². The number of halogens is 1. The third-order valence-electron chi connectivity index (χ3n) is 0.717. The highest BCUT2D eigenvalue weighted by Crippen LogP contribution is 1.86. The van der Waals surface area contributed by atoms with E-state index in [1.807, 2.05) is 22.6 Å². The number of carbonyl (C=O) groups excluding carboxylic acids is 1. The molecular formula is C4H9IN2O2. The molecule has 54 valence electrons. The first-order valence-electron chi connectivity index (χ1n) is 2.32. The van der Waals surface area contributed by atoms with Gasteiger partial charge in [0.25, 0.3) is 5.91 Å². The maximum atomic E-state index is 10.6. The summed E-state index contributed by atoms with van der Waals surface area (Å²) in [6.07, 6.45) is 0. The van der Waals surface area contributed by atoms with Crippen molar-refractivity contribution in [3.05, 3.63) is 0 Å². The zero-order valence-electron chi connectivity index (χ0n) is 5.13. The van der Waals surface area contributed by atoms with Gasteiger partial charge in [0.1, 0.15) is 6.61 Å². The van der Waals surface area contributed by atoms with Gasteiger partial charge >= 0.3 is 0 Å². The van der Waals surface area contributed by atoms with E-state index >= 15 is 0 Å². The van der Waals surface area contributed by atoms with Crippen LogP contribution in [0.5, 0.6) is 0 Å². The fourth-order valence-corrected chi connectivity index (χ4v) is 0.654. The first-order valence-corrected chi connectivity index (χ1v) is 3.85. The van der Waals surface area contributed by atoms with Crippen molar-refractivity contribution in [2.75, 3.05) is 18.3 Å². The summed E-state index contributed by atoms with van der Waals surface area (Å²) in [6.45, 7) is 0.0551. The van der Waals surface area contributed by atoms with Crippen LogP contribution in [0.3, 0.4) is 0 Å². The lowest BCUT2D eigenvalue weighted by Crippen LogP contribution is -2.38. The number of carbonyl (C=O) groups is 1. The van der Waals surface area contributed by atoms with E-state index in [4.69, 9.17) is 5.84 Å². The van der Waals surface area contributed by atoms with Crippen LogP contribution < -0.4 is 5.84 Å². The predicted octanol–water partition coefficient (Wildman–Crippen LogP) is -0.272. The Morgan fingerprint density at radius 1 is 1.89 bits per heavy atom. The molecule has 0 aromatic carbocycles. The molecule has 0 rings (SSSR count). The molecule has 5 heteroatoms. The molecule has 0 aliphatic rings. The molecule has 9 heavy (non-hydrogen) atoms. The van der Waals surface area contributed by atoms with Crippen LogP contribution in [0.15, 0.2) is 0 Å². The number of ether oxygens (including phenoxy) is 1. The van der Waals surface area contributed by atoms with E-state index in [0.29, 0.717) is 4.55 Å². The summed E-state index contributed by atoms with van der Waals surface area (Å²) in [7, 11) is 1.46. The maximum Gasteiger partial charge on any atom is 0.263 e. The maximum absolute atomic E-state index is 10.6. The van der Waals surface area contributed by atoms with E-state index in [1.165, 1.54) is 7.11 Å². The van der Waals surface area contributed by atoms with E-state index in [-0.39, 0.29) is 12.5 Å². The van der Waals surface area contributed by atoms with E-state index in [1.54, 1.807) is 0 Å². The zero-order chi connectivity index (χ0) is 7.28. The molecule has 0 heterocycles. The minimum Gasteiger partial charge on any atom is -0.375 e. The number of rotatable bonds is 3. The largest absolute Gasteiger partial charge is 0.375 e. The third-order valence-corrected chi connectivity index (χ3v) is 1.45. The van der Waals surface area contributed by atoms with Gasteiger partial charge in [-0.25, -0.2) is 5.84 Å². The second-order valence-corrected chi connectivity index (χ2v) is 2.10. The molecular weight excluding hydrogens is 235 g/mol.